The van der Waals surface area contributed by atoms with Crippen molar-refractivity contribution in [3.05, 3.63) is 11.6 Å². The molecule has 0 aromatic heterocycles. The van der Waals surface area contributed by atoms with Crippen LogP contribution >= 0.6 is 23.2 Å². The molecule has 64 valence electrons. The maximum atomic E-state index is 5.78. The first-order chi connectivity index (χ1) is 5.18. The fraction of sp³-hybridized carbons (Fsp3) is 0.750. The van der Waals surface area contributed by atoms with Gasteiger partial charge in [-0.25, -0.2) is 0 Å². The maximum absolute atomic E-state index is 5.78. The van der Waals surface area contributed by atoms with E-state index in [1.165, 1.54) is 0 Å². The molecule has 1 aliphatic heterocycles. The third kappa shape index (κ3) is 2.36. The van der Waals surface area contributed by atoms with Gasteiger partial charge in [0.1, 0.15) is 0 Å². The van der Waals surface area contributed by atoms with Gasteiger partial charge in [-0.2, -0.15) is 0 Å². The molecule has 0 aromatic carbocycles. The minimum Gasteiger partial charge on any atom is -0.373 e. The molecule has 3 heteroatoms. The van der Waals surface area contributed by atoms with Crippen molar-refractivity contribution >= 4 is 23.2 Å². The molecule has 0 aromatic rings. The van der Waals surface area contributed by atoms with Gasteiger partial charge in [0.2, 0.25) is 0 Å². The highest BCUT2D eigenvalue weighted by atomic mass is 35.5. The van der Waals surface area contributed by atoms with Gasteiger partial charge in [-0.15, -0.1) is 11.6 Å². The van der Waals surface area contributed by atoms with Crippen LogP contribution in [-0.4, -0.2) is 18.1 Å². The zero-order chi connectivity index (χ0) is 8.32. The summed E-state index contributed by atoms with van der Waals surface area (Å²) >= 11 is 11.5. The van der Waals surface area contributed by atoms with Gasteiger partial charge in [-0.3, -0.25) is 0 Å². The lowest BCUT2D eigenvalue weighted by molar-refractivity contribution is 0.0252. The first-order valence-corrected chi connectivity index (χ1v) is 4.63. The molecule has 1 rings (SSSR count). The van der Waals surface area contributed by atoms with Crippen LogP contribution in [0.25, 0.3) is 0 Å². The van der Waals surface area contributed by atoms with Crippen molar-refractivity contribution in [3.8, 4) is 0 Å². The van der Waals surface area contributed by atoms with Crippen LogP contribution in [0.5, 0.6) is 0 Å². The molecule has 1 atom stereocenters. The number of rotatable bonds is 3. The summed E-state index contributed by atoms with van der Waals surface area (Å²) in [5.41, 5.74) is -0.208. The van der Waals surface area contributed by atoms with E-state index in [0.29, 0.717) is 17.3 Å². The first kappa shape index (κ1) is 9.37. The maximum Gasteiger partial charge on any atom is 0.0866 e. The lowest BCUT2D eigenvalue weighted by Crippen LogP contribution is -2.29. The Labute approximate surface area is 77.3 Å². The molecule has 1 saturated heterocycles. The van der Waals surface area contributed by atoms with E-state index in [-0.39, 0.29) is 5.60 Å². The van der Waals surface area contributed by atoms with Crippen molar-refractivity contribution in [3.63, 3.8) is 0 Å². The zero-order valence-electron chi connectivity index (χ0n) is 6.41. The molecular weight excluding hydrogens is 183 g/mol. The molecular formula is C8H12Cl2O. The monoisotopic (exact) mass is 194 g/mol. The Kier molecular flexibility index (Phi) is 3.23. The van der Waals surface area contributed by atoms with Crippen LogP contribution < -0.4 is 0 Å². The third-order valence-electron chi connectivity index (χ3n) is 1.94. The summed E-state index contributed by atoms with van der Waals surface area (Å²) in [5.74, 6) is 0.513. The fourth-order valence-corrected chi connectivity index (χ4v) is 1.95. The summed E-state index contributed by atoms with van der Waals surface area (Å²) in [6.07, 6.45) is 2.76. The van der Waals surface area contributed by atoms with E-state index >= 15 is 0 Å². The van der Waals surface area contributed by atoms with Crippen LogP contribution in [0.3, 0.4) is 0 Å². The topological polar surface area (TPSA) is 9.23 Å². The molecule has 1 unspecified atom stereocenters. The Morgan fingerprint density at radius 2 is 2.36 bits per heavy atom. The van der Waals surface area contributed by atoms with Crippen molar-refractivity contribution < 1.29 is 4.74 Å². The summed E-state index contributed by atoms with van der Waals surface area (Å²) in [5, 5.41) is 0.632. The second-order valence-corrected chi connectivity index (χ2v) is 3.76. The highest BCUT2D eigenvalue weighted by molar-refractivity contribution is 6.29. The minimum absolute atomic E-state index is 0.208. The molecule has 0 N–H and O–H groups in total. The standard InChI is InChI=1S/C8H12Cl2O/c1-7(10)5-8(6-9)3-2-4-11-8/h1-6H2. The summed E-state index contributed by atoms with van der Waals surface area (Å²) in [4.78, 5) is 0. The number of alkyl halides is 1. The predicted octanol–water partition coefficient (Wildman–Crippen LogP) is 2.92. The van der Waals surface area contributed by atoms with Gasteiger partial charge in [-0.05, 0) is 12.8 Å². The van der Waals surface area contributed by atoms with Crippen molar-refractivity contribution in [2.24, 2.45) is 0 Å². The lowest BCUT2D eigenvalue weighted by atomic mass is 9.98. The van der Waals surface area contributed by atoms with E-state index in [1.54, 1.807) is 0 Å². The fourth-order valence-electron chi connectivity index (χ4n) is 1.40. The third-order valence-corrected chi connectivity index (χ3v) is 2.56. The van der Waals surface area contributed by atoms with Gasteiger partial charge < -0.3 is 4.74 Å². The van der Waals surface area contributed by atoms with Gasteiger partial charge in [0.05, 0.1) is 11.5 Å². The molecule has 1 aliphatic rings. The average molecular weight is 195 g/mol. The molecule has 1 heterocycles. The highest BCUT2D eigenvalue weighted by Crippen LogP contribution is 2.33. The molecule has 0 radical (unpaired) electrons. The van der Waals surface area contributed by atoms with Crippen molar-refractivity contribution in [1.82, 2.24) is 0 Å². The number of ether oxygens (including phenoxy) is 1. The van der Waals surface area contributed by atoms with Crippen LogP contribution in [0.2, 0.25) is 0 Å². The van der Waals surface area contributed by atoms with Crippen LogP contribution in [0.1, 0.15) is 19.3 Å². The summed E-state index contributed by atoms with van der Waals surface area (Å²) in [7, 11) is 0. The molecule has 0 amide bonds. The largest absolute Gasteiger partial charge is 0.373 e. The van der Waals surface area contributed by atoms with Gasteiger partial charge in [0.25, 0.3) is 0 Å². The predicted molar refractivity (Wildman–Crippen MR) is 48.2 cm³/mol. The SMILES string of the molecule is C=C(Cl)CC1(CCl)CCCO1. The molecule has 0 saturated carbocycles. The molecule has 0 aliphatic carbocycles. The van der Waals surface area contributed by atoms with Crippen LogP contribution in [-0.2, 0) is 4.74 Å². The molecule has 0 spiro atoms. The average Bonchev–Trinajstić information content (AvgIpc) is 2.36. The number of halogens is 2. The van der Waals surface area contributed by atoms with Crippen molar-refractivity contribution in [1.29, 1.82) is 0 Å². The Balaban J connectivity index is 2.52. The number of hydrogen-bond acceptors (Lipinski definition) is 1. The van der Waals surface area contributed by atoms with E-state index in [1.807, 2.05) is 0 Å². The molecule has 1 nitrogen and oxygen atoms in total. The van der Waals surface area contributed by atoms with Crippen molar-refractivity contribution in [2.45, 2.75) is 24.9 Å². The number of hydrogen-bond donors (Lipinski definition) is 0. The smallest absolute Gasteiger partial charge is 0.0866 e. The van der Waals surface area contributed by atoms with E-state index < -0.39 is 0 Å². The van der Waals surface area contributed by atoms with E-state index in [9.17, 15) is 0 Å². The first-order valence-electron chi connectivity index (χ1n) is 3.72. The Morgan fingerprint density at radius 1 is 1.64 bits per heavy atom. The van der Waals surface area contributed by atoms with E-state index in [2.05, 4.69) is 6.58 Å². The van der Waals surface area contributed by atoms with Crippen LogP contribution in [0.4, 0.5) is 0 Å². The zero-order valence-corrected chi connectivity index (χ0v) is 7.92. The Morgan fingerprint density at radius 3 is 2.73 bits per heavy atom. The lowest BCUT2D eigenvalue weighted by Gasteiger charge is -2.24. The Hall–Kier alpha value is 0.280. The van der Waals surface area contributed by atoms with E-state index in [0.717, 1.165) is 19.4 Å². The normalized spacial score (nSPS) is 30.7. The summed E-state index contributed by atoms with van der Waals surface area (Å²) < 4.78 is 5.52. The summed E-state index contributed by atoms with van der Waals surface area (Å²) in [6, 6.07) is 0. The molecule has 0 bridgehead atoms. The van der Waals surface area contributed by atoms with Crippen LogP contribution in [0.15, 0.2) is 11.6 Å². The second-order valence-electron chi connectivity index (χ2n) is 2.96. The van der Waals surface area contributed by atoms with Gasteiger partial charge in [0, 0.05) is 18.1 Å². The molecule has 1 fully saturated rings. The highest BCUT2D eigenvalue weighted by Gasteiger charge is 2.34. The summed E-state index contributed by atoms with van der Waals surface area (Å²) in [6.45, 7) is 4.44. The second kappa shape index (κ2) is 3.79. The van der Waals surface area contributed by atoms with Gasteiger partial charge in [-0.1, -0.05) is 18.2 Å². The van der Waals surface area contributed by atoms with Crippen molar-refractivity contribution in [2.75, 3.05) is 12.5 Å². The van der Waals surface area contributed by atoms with Crippen LogP contribution in [0, 0.1) is 0 Å². The van der Waals surface area contributed by atoms with Gasteiger partial charge in [0.15, 0.2) is 0 Å². The quantitative estimate of drug-likeness (QED) is 0.629. The minimum atomic E-state index is -0.208. The molecule has 11 heavy (non-hydrogen) atoms. The van der Waals surface area contributed by atoms with E-state index in [4.69, 9.17) is 27.9 Å². The van der Waals surface area contributed by atoms with Gasteiger partial charge >= 0.3 is 0 Å². The Bertz CT molecular complexity index is 150.